The third-order valence-electron chi connectivity index (χ3n) is 8.29. The van der Waals surface area contributed by atoms with Gasteiger partial charge in [0, 0.05) is 12.5 Å². The van der Waals surface area contributed by atoms with Crippen molar-refractivity contribution in [3.05, 3.63) is 29.8 Å². The normalized spacial score (nSPS) is 25.7. The van der Waals surface area contributed by atoms with E-state index in [0.29, 0.717) is 12.3 Å². The molecule has 0 spiro atoms. The van der Waals surface area contributed by atoms with E-state index in [4.69, 9.17) is 4.74 Å². The Morgan fingerprint density at radius 3 is 1.97 bits per heavy atom. The zero-order chi connectivity index (χ0) is 23.5. The number of carbonyl (C=O) groups excluding carboxylic acids is 1. The molecular weight excluding hydrogens is 418 g/mol. The fraction of sp³-hybridized carbons (Fsp3) is 0.759. The minimum atomic E-state index is -0.991. The summed E-state index contributed by atoms with van der Waals surface area (Å²) >= 11 is 0. The third-order valence-corrected chi connectivity index (χ3v) is 8.29. The maximum atomic E-state index is 13.3. The van der Waals surface area contributed by atoms with Crippen LogP contribution in [0.5, 0.6) is 5.75 Å². The number of esters is 1. The van der Waals surface area contributed by atoms with Crippen LogP contribution in [0.1, 0.15) is 116 Å². The molecule has 1 aromatic carbocycles. The van der Waals surface area contributed by atoms with Crippen molar-refractivity contribution in [2.24, 2.45) is 23.7 Å². The van der Waals surface area contributed by atoms with E-state index in [-0.39, 0.29) is 11.7 Å². The Labute approximate surface area is 199 Å². The number of carbonyl (C=O) groups is 1. The quantitative estimate of drug-likeness (QED) is 0.176. The van der Waals surface area contributed by atoms with E-state index in [1.165, 1.54) is 102 Å². The summed E-state index contributed by atoms with van der Waals surface area (Å²) < 4.78 is 31.4. The van der Waals surface area contributed by atoms with Crippen molar-refractivity contribution >= 4 is 5.97 Å². The molecule has 0 bridgehead atoms. The highest BCUT2D eigenvalue weighted by atomic mass is 19.2. The van der Waals surface area contributed by atoms with E-state index in [0.717, 1.165) is 36.3 Å². The number of benzene rings is 1. The van der Waals surface area contributed by atoms with Gasteiger partial charge in [-0.3, -0.25) is 4.79 Å². The van der Waals surface area contributed by atoms with Crippen LogP contribution in [0.25, 0.3) is 0 Å². The van der Waals surface area contributed by atoms with Crippen molar-refractivity contribution in [1.82, 2.24) is 0 Å². The number of halogens is 2. The van der Waals surface area contributed by atoms with Crippen LogP contribution >= 0.6 is 0 Å². The summed E-state index contributed by atoms with van der Waals surface area (Å²) in [5.74, 6) is 1.16. The van der Waals surface area contributed by atoms with Crippen molar-refractivity contribution in [3.8, 4) is 5.75 Å². The van der Waals surface area contributed by atoms with Crippen molar-refractivity contribution in [2.45, 2.75) is 116 Å². The largest absolute Gasteiger partial charge is 0.426 e. The van der Waals surface area contributed by atoms with Crippen LogP contribution in [-0.2, 0) is 4.79 Å². The first-order chi connectivity index (χ1) is 16.0. The summed E-state index contributed by atoms with van der Waals surface area (Å²) in [6.45, 7) is 2.28. The molecule has 0 amide bonds. The molecule has 2 nitrogen and oxygen atoms in total. The minimum absolute atomic E-state index is 0.0784. The second-order valence-corrected chi connectivity index (χ2v) is 10.7. The van der Waals surface area contributed by atoms with Gasteiger partial charge >= 0.3 is 5.97 Å². The van der Waals surface area contributed by atoms with Gasteiger partial charge in [0.05, 0.1) is 0 Å². The van der Waals surface area contributed by atoms with Crippen LogP contribution in [0.2, 0.25) is 0 Å². The summed E-state index contributed by atoms with van der Waals surface area (Å²) in [6.07, 6.45) is 21.8. The average Bonchev–Trinajstić information content (AvgIpc) is 2.83. The summed E-state index contributed by atoms with van der Waals surface area (Å²) in [7, 11) is 0. The number of rotatable bonds is 12. The fourth-order valence-electron chi connectivity index (χ4n) is 6.15. The predicted molar refractivity (Wildman–Crippen MR) is 130 cm³/mol. The zero-order valence-electron chi connectivity index (χ0n) is 20.6. The lowest BCUT2D eigenvalue weighted by atomic mass is 9.68. The molecule has 0 saturated heterocycles. The summed E-state index contributed by atoms with van der Waals surface area (Å²) in [5.41, 5.74) is 0. The molecule has 0 radical (unpaired) electrons. The Bertz CT molecular complexity index is 704. The van der Waals surface area contributed by atoms with E-state index in [2.05, 4.69) is 6.92 Å². The Balaban J connectivity index is 1.26. The molecule has 2 aliphatic rings. The van der Waals surface area contributed by atoms with Gasteiger partial charge in [-0.05, 0) is 67.9 Å². The van der Waals surface area contributed by atoms with Gasteiger partial charge in [0.15, 0.2) is 11.6 Å². The molecule has 33 heavy (non-hydrogen) atoms. The molecule has 0 N–H and O–H groups in total. The molecule has 0 unspecified atom stereocenters. The van der Waals surface area contributed by atoms with Crippen LogP contribution in [0.15, 0.2) is 18.2 Å². The van der Waals surface area contributed by atoms with Gasteiger partial charge in [-0.1, -0.05) is 77.6 Å². The Hall–Kier alpha value is -1.45. The highest BCUT2D eigenvalue weighted by Gasteiger charge is 2.30. The van der Waals surface area contributed by atoms with Crippen LogP contribution in [0, 0.1) is 35.3 Å². The minimum Gasteiger partial charge on any atom is -0.426 e. The SMILES string of the molecule is CCCCCCCCC1CCC(C2CCC(CCC(=O)Oc3ccc(F)c(F)c3)CC2)CC1. The Kier molecular flexibility index (Phi) is 11.1. The van der Waals surface area contributed by atoms with Gasteiger partial charge in [0.2, 0.25) is 0 Å². The molecule has 0 aliphatic heterocycles. The standard InChI is InChI=1S/C29H44F2O2/c1-2-3-4-5-6-7-8-22-9-14-24(15-10-22)25-16-11-23(12-17-25)13-20-29(32)33-26-18-19-27(30)28(31)21-26/h18-19,21-25H,2-17,20H2,1H3. The van der Waals surface area contributed by atoms with Crippen molar-refractivity contribution in [3.63, 3.8) is 0 Å². The smallest absolute Gasteiger partial charge is 0.311 e. The summed E-state index contributed by atoms with van der Waals surface area (Å²) in [4.78, 5) is 12.1. The maximum absolute atomic E-state index is 13.3. The number of unbranched alkanes of at least 4 members (excludes halogenated alkanes) is 5. The predicted octanol–water partition coefficient (Wildman–Crippen LogP) is 9.01. The number of hydrogen-bond donors (Lipinski definition) is 0. The van der Waals surface area contributed by atoms with Crippen molar-refractivity contribution < 1.29 is 18.3 Å². The first-order valence-electron chi connectivity index (χ1n) is 13.7. The lowest BCUT2D eigenvalue weighted by Crippen LogP contribution is -2.26. The molecular formula is C29H44F2O2. The number of hydrogen-bond acceptors (Lipinski definition) is 2. The Morgan fingerprint density at radius 1 is 0.788 bits per heavy atom. The van der Waals surface area contributed by atoms with Crippen LogP contribution in [-0.4, -0.2) is 5.97 Å². The fourth-order valence-corrected chi connectivity index (χ4v) is 6.15. The Morgan fingerprint density at radius 2 is 1.36 bits per heavy atom. The van der Waals surface area contributed by atoms with Crippen LogP contribution < -0.4 is 4.74 Å². The molecule has 0 aromatic heterocycles. The lowest BCUT2D eigenvalue weighted by molar-refractivity contribution is -0.134. The molecule has 2 aliphatic carbocycles. The third kappa shape index (κ3) is 9.02. The molecule has 3 rings (SSSR count). The molecule has 4 heteroatoms. The number of ether oxygens (including phenoxy) is 1. The van der Waals surface area contributed by atoms with E-state index < -0.39 is 11.6 Å². The highest BCUT2D eigenvalue weighted by molar-refractivity contribution is 5.72. The lowest BCUT2D eigenvalue weighted by Gasteiger charge is -2.38. The molecule has 186 valence electrons. The van der Waals surface area contributed by atoms with Gasteiger partial charge in [-0.25, -0.2) is 8.78 Å². The average molecular weight is 463 g/mol. The zero-order valence-corrected chi connectivity index (χ0v) is 20.6. The van der Waals surface area contributed by atoms with Gasteiger partial charge in [0.1, 0.15) is 5.75 Å². The second kappa shape index (κ2) is 14.1. The van der Waals surface area contributed by atoms with E-state index in [1.54, 1.807) is 0 Å². The van der Waals surface area contributed by atoms with Crippen LogP contribution in [0.4, 0.5) is 8.78 Å². The molecule has 0 heterocycles. The first-order valence-corrected chi connectivity index (χ1v) is 13.7. The van der Waals surface area contributed by atoms with Crippen molar-refractivity contribution in [2.75, 3.05) is 0 Å². The van der Waals surface area contributed by atoms with Gasteiger partial charge in [-0.15, -0.1) is 0 Å². The van der Waals surface area contributed by atoms with Gasteiger partial charge in [0.25, 0.3) is 0 Å². The molecule has 2 fully saturated rings. The summed E-state index contributed by atoms with van der Waals surface area (Å²) in [5, 5.41) is 0. The van der Waals surface area contributed by atoms with Crippen LogP contribution in [0.3, 0.4) is 0 Å². The molecule has 0 atom stereocenters. The monoisotopic (exact) mass is 462 g/mol. The van der Waals surface area contributed by atoms with Gasteiger partial charge in [-0.2, -0.15) is 0 Å². The van der Waals surface area contributed by atoms with E-state index in [9.17, 15) is 13.6 Å². The summed E-state index contributed by atoms with van der Waals surface area (Å²) in [6, 6.07) is 3.21. The first kappa shape index (κ1) is 26.2. The highest BCUT2D eigenvalue weighted by Crippen LogP contribution is 2.43. The van der Waals surface area contributed by atoms with E-state index >= 15 is 0 Å². The molecule has 2 saturated carbocycles. The maximum Gasteiger partial charge on any atom is 0.311 e. The van der Waals surface area contributed by atoms with Crippen molar-refractivity contribution in [1.29, 1.82) is 0 Å². The van der Waals surface area contributed by atoms with E-state index in [1.807, 2.05) is 0 Å². The van der Waals surface area contributed by atoms with Gasteiger partial charge < -0.3 is 4.74 Å². The second-order valence-electron chi connectivity index (χ2n) is 10.7. The molecule has 1 aromatic rings. The topological polar surface area (TPSA) is 26.3 Å².